The quantitative estimate of drug-likeness (QED) is 0.831. The maximum Gasteiger partial charge on any atom is 0.422 e. The van der Waals surface area contributed by atoms with Crippen LogP contribution in [0.1, 0.15) is 12.0 Å². The molecule has 1 heterocycles. The summed E-state index contributed by atoms with van der Waals surface area (Å²) in [5, 5.41) is 0.462. The molecule has 0 saturated heterocycles. The van der Waals surface area contributed by atoms with Crippen molar-refractivity contribution < 1.29 is 4.42 Å². The zero-order valence-corrected chi connectivity index (χ0v) is 11.5. The maximum absolute atomic E-state index is 12.3. The average molecular weight is 262 g/mol. The summed E-state index contributed by atoms with van der Waals surface area (Å²) in [6.07, 6.45) is 0.731. The Morgan fingerprint density at radius 3 is 2.68 bits per heavy atom. The molecule has 0 amide bonds. The van der Waals surface area contributed by atoms with Crippen LogP contribution in [-0.4, -0.2) is 30.1 Å². The number of hydrogen-bond donors (Lipinski definition) is 0. The van der Waals surface area contributed by atoms with Gasteiger partial charge in [0.25, 0.3) is 5.56 Å². The lowest BCUT2D eigenvalue weighted by Gasteiger charge is -2.10. The molecule has 2 aromatic rings. The minimum absolute atomic E-state index is 0.270. The number of hydrogen-bond acceptors (Lipinski definition) is 4. The Kier molecular flexibility index (Phi) is 3.85. The largest absolute Gasteiger partial charge is 0.422 e. The van der Waals surface area contributed by atoms with Gasteiger partial charge in [0.1, 0.15) is 5.58 Å². The molecule has 0 spiro atoms. The highest BCUT2D eigenvalue weighted by atomic mass is 16.4. The second kappa shape index (κ2) is 5.40. The Balaban J connectivity index is 2.44. The normalized spacial score (nSPS) is 11.4. The fourth-order valence-corrected chi connectivity index (χ4v) is 2.02. The van der Waals surface area contributed by atoms with Crippen LogP contribution in [0.15, 0.2) is 32.2 Å². The fourth-order valence-electron chi connectivity index (χ4n) is 2.02. The van der Waals surface area contributed by atoms with Crippen LogP contribution in [0.3, 0.4) is 0 Å². The summed E-state index contributed by atoms with van der Waals surface area (Å²) in [7, 11) is 3.91. The molecule has 0 aliphatic heterocycles. The molecule has 102 valence electrons. The number of nitrogens with zero attached hydrogens (tertiary/aromatic N) is 2. The Bertz CT molecular complexity index is 698. The van der Waals surface area contributed by atoms with E-state index in [4.69, 9.17) is 4.42 Å². The molecule has 0 radical (unpaired) electrons. The van der Waals surface area contributed by atoms with E-state index in [0.29, 0.717) is 17.5 Å². The van der Waals surface area contributed by atoms with Crippen LogP contribution in [0.25, 0.3) is 11.0 Å². The van der Waals surface area contributed by atoms with Crippen molar-refractivity contribution in [3.05, 3.63) is 44.7 Å². The smallest absolute Gasteiger partial charge is 0.409 e. The van der Waals surface area contributed by atoms with Gasteiger partial charge in [-0.3, -0.25) is 4.79 Å². The molecule has 2 rings (SSSR count). The summed E-state index contributed by atoms with van der Waals surface area (Å²) in [4.78, 5) is 26.1. The molecular weight excluding hydrogens is 244 g/mol. The third kappa shape index (κ3) is 2.93. The number of fused-ring (bicyclic) bond motifs is 1. The van der Waals surface area contributed by atoms with Crippen LogP contribution in [0.4, 0.5) is 0 Å². The van der Waals surface area contributed by atoms with E-state index in [1.165, 1.54) is 4.57 Å². The molecule has 0 N–H and O–H groups in total. The van der Waals surface area contributed by atoms with Crippen molar-refractivity contribution in [1.82, 2.24) is 9.47 Å². The minimum Gasteiger partial charge on any atom is -0.409 e. The van der Waals surface area contributed by atoms with Crippen LogP contribution in [-0.2, 0) is 6.54 Å². The number of aromatic nitrogens is 1. The summed E-state index contributed by atoms with van der Waals surface area (Å²) < 4.78 is 6.35. The Morgan fingerprint density at radius 2 is 2.00 bits per heavy atom. The van der Waals surface area contributed by atoms with Gasteiger partial charge in [-0.2, -0.15) is 0 Å². The second-order valence-corrected chi connectivity index (χ2v) is 4.98. The molecule has 1 aromatic carbocycles. The van der Waals surface area contributed by atoms with E-state index in [9.17, 15) is 9.59 Å². The van der Waals surface area contributed by atoms with Crippen molar-refractivity contribution >= 4 is 11.0 Å². The van der Waals surface area contributed by atoms with Gasteiger partial charge in [0.05, 0.1) is 5.39 Å². The van der Waals surface area contributed by atoms with Crippen LogP contribution >= 0.6 is 0 Å². The van der Waals surface area contributed by atoms with Gasteiger partial charge in [-0.15, -0.1) is 0 Å². The molecule has 5 nitrogen and oxygen atoms in total. The summed E-state index contributed by atoms with van der Waals surface area (Å²) in [5.41, 5.74) is 1.05. The average Bonchev–Trinajstić information content (AvgIpc) is 2.34. The first-order valence-corrected chi connectivity index (χ1v) is 6.28. The molecule has 0 unspecified atom stereocenters. The van der Waals surface area contributed by atoms with Crippen molar-refractivity contribution in [2.75, 3.05) is 20.6 Å². The highest BCUT2D eigenvalue weighted by Crippen LogP contribution is 2.09. The highest BCUT2D eigenvalue weighted by molar-refractivity contribution is 5.75. The van der Waals surface area contributed by atoms with E-state index in [2.05, 4.69) is 0 Å². The monoisotopic (exact) mass is 262 g/mol. The maximum atomic E-state index is 12.3. The van der Waals surface area contributed by atoms with Crippen LogP contribution in [0.2, 0.25) is 0 Å². The standard InChI is InChI=1S/C14H18N2O3/c1-10-5-6-12-11(9-10)13(17)16(14(18)19-12)8-4-7-15(2)3/h5-6,9H,4,7-8H2,1-3H3. The zero-order chi connectivity index (χ0) is 14.0. The van der Waals surface area contributed by atoms with E-state index in [0.717, 1.165) is 18.5 Å². The van der Waals surface area contributed by atoms with E-state index in [1.54, 1.807) is 12.1 Å². The molecular formula is C14H18N2O3. The predicted octanol–water partition coefficient (Wildman–Crippen LogP) is 1.21. The zero-order valence-electron chi connectivity index (χ0n) is 11.5. The molecule has 0 bridgehead atoms. The Labute approximate surface area is 111 Å². The molecule has 0 aliphatic carbocycles. The van der Waals surface area contributed by atoms with E-state index < -0.39 is 5.76 Å². The van der Waals surface area contributed by atoms with Gasteiger partial charge in [0.2, 0.25) is 0 Å². The van der Waals surface area contributed by atoms with Gasteiger partial charge >= 0.3 is 5.76 Å². The molecule has 0 saturated carbocycles. The highest BCUT2D eigenvalue weighted by Gasteiger charge is 2.09. The first kappa shape index (κ1) is 13.5. The molecule has 5 heteroatoms. The topological polar surface area (TPSA) is 55.5 Å². The minimum atomic E-state index is -0.583. The number of benzene rings is 1. The first-order chi connectivity index (χ1) is 8.99. The van der Waals surface area contributed by atoms with Crippen molar-refractivity contribution in [1.29, 1.82) is 0 Å². The van der Waals surface area contributed by atoms with E-state index in [1.807, 2.05) is 32.0 Å². The van der Waals surface area contributed by atoms with Crippen molar-refractivity contribution in [2.45, 2.75) is 19.9 Å². The lowest BCUT2D eigenvalue weighted by Crippen LogP contribution is -2.33. The van der Waals surface area contributed by atoms with Crippen LogP contribution < -0.4 is 11.3 Å². The van der Waals surface area contributed by atoms with Crippen LogP contribution in [0.5, 0.6) is 0 Å². The molecule has 1 aromatic heterocycles. The molecule has 19 heavy (non-hydrogen) atoms. The third-order valence-corrected chi connectivity index (χ3v) is 3.02. The first-order valence-electron chi connectivity index (χ1n) is 6.28. The summed E-state index contributed by atoms with van der Waals surface area (Å²) in [6, 6.07) is 5.24. The fraction of sp³-hybridized carbons (Fsp3) is 0.429. The van der Waals surface area contributed by atoms with E-state index in [-0.39, 0.29) is 5.56 Å². The van der Waals surface area contributed by atoms with Gasteiger partial charge in [-0.1, -0.05) is 11.6 Å². The van der Waals surface area contributed by atoms with Gasteiger partial charge in [0.15, 0.2) is 0 Å². The van der Waals surface area contributed by atoms with Crippen molar-refractivity contribution in [3.8, 4) is 0 Å². The van der Waals surface area contributed by atoms with Gasteiger partial charge in [-0.25, -0.2) is 9.36 Å². The van der Waals surface area contributed by atoms with Gasteiger partial charge in [0, 0.05) is 6.54 Å². The Morgan fingerprint density at radius 1 is 1.26 bits per heavy atom. The van der Waals surface area contributed by atoms with E-state index >= 15 is 0 Å². The SMILES string of the molecule is Cc1ccc2oc(=O)n(CCCN(C)C)c(=O)c2c1. The summed E-state index contributed by atoms with van der Waals surface area (Å²) >= 11 is 0. The third-order valence-electron chi connectivity index (χ3n) is 3.02. The second-order valence-electron chi connectivity index (χ2n) is 4.98. The molecule has 0 fully saturated rings. The van der Waals surface area contributed by atoms with Crippen LogP contribution in [0, 0.1) is 6.92 Å². The lowest BCUT2D eigenvalue weighted by atomic mass is 10.2. The summed E-state index contributed by atoms with van der Waals surface area (Å²) in [5.74, 6) is -0.583. The molecule has 0 atom stereocenters. The van der Waals surface area contributed by atoms with Crippen molar-refractivity contribution in [3.63, 3.8) is 0 Å². The number of aryl methyl sites for hydroxylation is 1. The Hall–Kier alpha value is -1.88. The van der Waals surface area contributed by atoms with Crippen molar-refractivity contribution in [2.24, 2.45) is 0 Å². The lowest BCUT2D eigenvalue weighted by molar-refractivity contribution is 0.370. The van der Waals surface area contributed by atoms with Gasteiger partial charge < -0.3 is 9.32 Å². The summed E-state index contributed by atoms with van der Waals surface area (Å²) in [6.45, 7) is 3.10. The predicted molar refractivity (Wildman–Crippen MR) is 74.7 cm³/mol. The van der Waals surface area contributed by atoms with Gasteiger partial charge in [-0.05, 0) is 46.1 Å². The molecule has 0 aliphatic rings. The number of rotatable bonds is 4.